The number of aromatic nitrogens is 2. The van der Waals surface area contributed by atoms with Crippen LogP contribution in [-0.4, -0.2) is 54.7 Å². The summed E-state index contributed by atoms with van der Waals surface area (Å²) in [4.78, 5) is 19.7. The van der Waals surface area contributed by atoms with Gasteiger partial charge in [-0.25, -0.2) is 4.98 Å². The van der Waals surface area contributed by atoms with E-state index in [0.717, 1.165) is 43.0 Å². The molecule has 2 heterocycles. The second-order valence-corrected chi connectivity index (χ2v) is 7.40. The first-order valence-corrected chi connectivity index (χ1v) is 9.67. The maximum atomic E-state index is 12.8. The van der Waals surface area contributed by atoms with Crippen molar-refractivity contribution < 1.29 is 14.3 Å². The Kier molecular flexibility index (Phi) is 6.24. The van der Waals surface area contributed by atoms with Crippen LogP contribution in [0.15, 0.2) is 18.2 Å². The van der Waals surface area contributed by atoms with Gasteiger partial charge in [-0.3, -0.25) is 4.79 Å². The summed E-state index contributed by atoms with van der Waals surface area (Å²) in [5, 5.41) is 2.98. The lowest BCUT2D eigenvalue weighted by molar-refractivity contribution is 0.0945. The van der Waals surface area contributed by atoms with Crippen molar-refractivity contribution in [3.8, 4) is 11.5 Å². The van der Waals surface area contributed by atoms with Gasteiger partial charge < -0.3 is 24.3 Å². The molecule has 1 aliphatic rings. The van der Waals surface area contributed by atoms with Gasteiger partial charge in [0.05, 0.1) is 14.2 Å². The molecule has 1 aliphatic heterocycles. The van der Waals surface area contributed by atoms with E-state index in [0.29, 0.717) is 29.8 Å². The van der Waals surface area contributed by atoms with Crippen LogP contribution in [-0.2, 0) is 6.54 Å². The zero-order valence-corrected chi connectivity index (χ0v) is 17.4. The number of aryl methyl sites for hydroxylation is 1. The summed E-state index contributed by atoms with van der Waals surface area (Å²) >= 11 is 0. The van der Waals surface area contributed by atoms with E-state index in [-0.39, 0.29) is 5.91 Å². The normalized spacial score (nSPS) is 15.5. The lowest BCUT2D eigenvalue weighted by Crippen LogP contribution is -2.32. The molecule has 0 spiro atoms. The molecular weight excluding hydrogens is 356 g/mol. The Hall–Kier alpha value is -2.54. The predicted octanol–water partition coefficient (Wildman–Crippen LogP) is 2.71. The van der Waals surface area contributed by atoms with Crippen LogP contribution < -0.4 is 14.8 Å². The molecule has 1 fully saturated rings. The van der Waals surface area contributed by atoms with Gasteiger partial charge in [-0.05, 0) is 64.5 Å². The highest BCUT2D eigenvalue weighted by Crippen LogP contribution is 2.27. The van der Waals surface area contributed by atoms with Crippen molar-refractivity contribution in [1.29, 1.82) is 0 Å². The van der Waals surface area contributed by atoms with Crippen LogP contribution >= 0.6 is 0 Å². The Morgan fingerprint density at radius 1 is 1.14 bits per heavy atom. The average molecular weight is 386 g/mol. The number of nitrogens with one attached hydrogen (secondary N) is 1. The monoisotopic (exact) mass is 386 g/mol. The number of benzene rings is 1. The number of piperidine rings is 1. The quantitative estimate of drug-likeness (QED) is 0.827. The summed E-state index contributed by atoms with van der Waals surface area (Å²) in [6, 6.07) is 5.99. The third-order valence-electron chi connectivity index (χ3n) is 5.46. The second-order valence-electron chi connectivity index (χ2n) is 7.40. The number of likely N-dealkylation sites (tertiary alicyclic amines) is 1. The van der Waals surface area contributed by atoms with E-state index in [2.05, 4.69) is 26.8 Å². The summed E-state index contributed by atoms with van der Waals surface area (Å²) in [7, 11) is 5.37. The largest absolute Gasteiger partial charge is 0.497 e. The highest BCUT2D eigenvalue weighted by molar-refractivity contribution is 5.93. The molecule has 1 N–H and O–H groups in total. The molecule has 3 rings (SSSR count). The van der Waals surface area contributed by atoms with Crippen molar-refractivity contribution in [2.45, 2.75) is 39.3 Å². The van der Waals surface area contributed by atoms with E-state index in [4.69, 9.17) is 9.47 Å². The van der Waals surface area contributed by atoms with Crippen LogP contribution in [0.4, 0.5) is 0 Å². The van der Waals surface area contributed by atoms with Gasteiger partial charge >= 0.3 is 0 Å². The zero-order chi connectivity index (χ0) is 20.3. The fraction of sp³-hybridized carbons (Fsp3) is 0.524. The molecular formula is C21H30N4O3. The molecule has 1 aromatic heterocycles. The molecule has 28 heavy (non-hydrogen) atoms. The zero-order valence-electron chi connectivity index (χ0n) is 17.4. The number of carbonyl (C=O) groups excluding carboxylic acids is 1. The van der Waals surface area contributed by atoms with Crippen LogP contribution in [0.5, 0.6) is 11.5 Å². The summed E-state index contributed by atoms with van der Waals surface area (Å²) in [5.74, 6) is 2.14. The second kappa shape index (κ2) is 8.65. The summed E-state index contributed by atoms with van der Waals surface area (Å²) in [6.07, 6.45) is 2.17. The van der Waals surface area contributed by atoms with Crippen LogP contribution in [0.1, 0.15) is 46.5 Å². The molecule has 152 valence electrons. The van der Waals surface area contributed by atoms with Crippen molar-refractivity contribution in [3.05, 3.63) is 41.0 Å². The third-order valence-corrected chi connectivity index (χ3v) is 5.46. The fourth-order valence-electron chi connectivity index (χ4n) is 3.89. The molecule has 0 radical (unpaired) electrons. The van der Waals surface area contributed by atoms with Gasteiger partial charge in [-0.15, -0.1) is 0 Å². The molecule has 0 bridgehead atoms. The number of hydrogen-bond acceptors (Lipinski definition) is 5. The van der Waals surface area contributed by atoms with Crippen LogP contribution in [0.25, 0.3) is 0 Å². The van der Waals surface area contributed by atoms with E-state index in [9.17, 15) is 4.79 Å². The molecule has 7 heteroatoms. The summed E-state index contributed by atoms with van der Waals surface area (Å²) in [6.45, 7) is 6.49. The number of hydrogen-bond donors (Lipinski definition) is 1. The Balaban J connectivity index is 1.72. The minimum Gasteiger partial charge on any atom is -0.497 e. The molecule has 0 unspecified atom stereocenters. The van der Waals surface area contributed by atoms with Crippen LogP contribution in [0, 0.1) is 13.8 Å². The third kappa shape index (κ3) is 4.30. The van der Waals surface area contributed by atoms with Gasteiger partial charge in [-0.2, -0.15) is 0 Å². The first-order valence-electron chi connectivity index (χ1n) is 9.67. The lowest BCUT2D eigenvalue weighted by atomic mass is 10.0. The van der Waals surface area contributed by atoms with Gasteiger partial charge in [0.25, 0.3) is 5.91 Å². The number of carbonyl (C=O) groups is 1. The molecule has 1 saturated heterocycles. The minimum absolute atomic E-state index is 0.158. The Morgan fingerprint density at radius 3 is 2.32 bits per heavy atom. The maximum absolute atomic E-state index is 12.8. The topological polar surface area (TPSA) is 68.6 Å². The molecule has 1 amide bonds. The van der Waals surface area contributed by atoms with Gasteiger partial charge in [0, 0.05) is 24.3 Å². The van der Waals surface area contributed by atoms with Crippen LogP contribution in [0.3, 0.4) is 0 Å². The van der Waals surface area contributed by atoms with Gasteiger partial charge in [-0.1, -0.05) is 0 Å². The number of nitrogens with zero attached hydrogens (tertiary/aromatic N) is 3. The van der Waals surface area contributed by atoms with Gasteiger partial charge in [0.15, 0.2) is 0 Å². The number of amides is 1. The Morgan fingerprint density at radius 2 is 1.75 bits per heavy atom. The molecule has 0 saturated carbocycles. The first kappa shape index (κ1) is 20.2. The van der Waals surface area contributed by atoms with E-state index in [1.54, 1.807) is 14.2 Å². The van der Waals surface area contributed by atoms with E-state index in [1.807, 2.05) is 32.0 Å². The Bertz CT molecular complexity index is 816. The van der Waals surface area contributed by atoms with E-state index >= 15 is 0 Å². The van der Waals surface area contributed by atoms with E-state index in [1.165, 1.54) is 0 Å². The predicted molar refractivity (Wildman–Crippen MR) is 108 cm³/mol. The lowest BCUT2D eigenvalue weighted by Gasteiger charge is -2.31. The van der Waals surface area contributed by atoms with Crippen molar-refractivity contribution in [2.24, 2.45) is 0 Å². The van der Waals surface area contributed by atoms with E-state index < -0.39 is 0 Å². The number of ether oxygens (including phenoxy) is 2. The highest BCUT2D eigenvalue weighted by Gasteiger charge is 2.25. The average Bonchev–Trinajstić information content (AvgIpc) is 3.00. The molecule has 0 aliphatic carbocycles. The number of methoxy groups -OCH3 is 2. The van der Waals surface area contributed by atoms with Crippen molar-refractivity contribution in [3.63, 3.8) is 0 Å². The van der Waals surface area contributed by atoms with Crippen molar-refractivity contribution in [1.82, 2.24) is 19.8 Å². The van der Waals surface area contributed by atoms with Crippen molar-refractivity contribution >= 4 is 5.91 Å². The Labute approximate surface area is 166 Å². The summed E-state index contributed by atoms with van der Waals surface area (Å²) < 4.78 is 12.8. The number of rotatable bonds is 6. The smallest absolute Gasteiger partial charge is 0.272 e. The SMILES string of the molecule is COc1cc(CNC(=O)c2nc(C)n(C3CCN(C)CC3)c2C)cc(OC)c1. The summed E-state index contributed by atoms with van der Waals surface area (Å²) in [5.41, 5.74) is 2.35. The maximum Gasteiger partial charge on any atom is 0.272 e. The molecule has 1 aromatic carbocycles. The standard InChI is InChI=1S/C21H30N4O3/c1-14-20(23-15(2)25(14)17-6-8-24(3)9-7-17)21(26)22-13-16-10-18(27-4)12-19(11-16)28-5/h10-12,17H,6-9,13H2,1-5H3,(H,22,26). The van der Waals surface area contributed by atoms with Crippen LogP contribution in [0.2, 0.25) is 0 Å². The fourth-order valence-corrected chi connectivity index (χ4v) is 3.89. The molecule has 7 nitrogen and oxygen atoms in total. The van der Waals surface area contributed by atoms with Gasteiger partial charge in [0.2, 0.25) is 0 Å². The minimum atomic E-state index is -0.158. The first-order chi connectivity index (χ1) is 13.4. The van der Waals surface area contributed by atoms with Gasteiger partial charge in [0.1, 0.15) is 23.0 Å². The molecule has 0 atom stereocenters. The number of imidazole rings is 1. The highest BCUT2D eigenvalue weighted by atomic mass is 16.5. The van der Waals surface area contributed by atoms with Crippen molar-refractivity contribution in [2.75, 3.05) is 34.4 Å². The molecule has 2 aromatic rings.